The van der Waals surface area contributed by atoms with E-state index < -0.39 is 0 Å². The van der Waals surface area contributed by atoms with Crippen molar-refractivity contribution < 1.29 is 4.74 Å². The maximum Gasteiger partial charge on any atom is 0.214 e. The minimum Gasteiger partial charge on any atom is -0.474 e. The van der Waals surface area contributed by atoms with E-state index in [4.69, 9.17) is 9.72 Å². The largest absolute Gasteiger partial charge is 0.474 e. The lowest BCUT2D eigenvalue weighted by molar-refractivity contribution is 0.148. The van der Waals surface area contributed by atoms with E-state index in [0.29, 0.717) is 6.10 Å². The Kier molecular flexibility index (Phi) is 5.13. The lowest BCUT2D eigenvalue weighted by Crippen LogP contribution is -2.21. The first-order chi connectivity index (χ1) is 10.3. The van der Waals surface area contributed by atoms with Crippen LogP contribution in [-0.2, 0) is 13.0 Å². The smallest absolute Gasteiger partial charge is 0.214 e. The molecule has 0 amide bonds. The molecule has 2 saturated carbocycles. The number of pyridine rings is 1. The summed E-state index contributed by atoms with van der Waals surface area (Å²) in [5, 5.41) is 3.59. The highest BCUT2D eigenvalue weighted by atomic mass is 16.5. The fourth-order valence-corrected chi connectivity index (χ4v) is 3.07. The first kappa shape index (κ1) is 14.8. The predicted octanol–water partition coefficient (Wildman–Crippen LogP) is 4.00. The van der Waals surface area contributed by atoms with Crippen molar-refractivity contribution in [2.45, 2.75) is 83.4 Å². The lowest BCUT2D eigenvalue weighted by atomic mass is 9.98. The summed E-state index contributed by atoms with van der Waals surface area (Å²) in [7, 11) is 0. The summed E-state index contributed by atoms with van der Waals surface area (Å²) < 4.78 is 6.17. The Morgan fingerprint density at radius 1 is 1.14 bits per heavy atom. The molecule has 0 aliphatic heterocycles. The fraction of sp³-hybridized carbons (Fsp3) is 0.722. The number of hydrogen-bond acceptors (Lipinski definition) is 3. The molecule has 2 aliphatic carbocycles. The number of nitrogens with one attached hydrogen (secondary N) is 1. The highest BCUT2D eigenvalue weighted by Crippen LogP contribution is 2.24. The van der Waals surface area contributed by atoms with Gasteiger partial charge in [0.2, 0.25) is 5.88 Å². The van der Waals surface area contributed by atoms with Crippen LogP contribution in [0, 0.1) is 0 Å². The second-order valence-electron chi connectivity index (χ2n) is 6.59. The van der Waals surface area contributed by atoms with Crippen molar-refractivity contribution in [3.63, 3.8) is 0 Å². The van der Waals surface area contributed by atoms with E-state index in [1.807, 2.05) is 0 Å². The number of aromatic nitrogens is 1. The van der Waals surface area contributed by atoms with Crippen LogP contribution in [0.25, 0.3) is 0 Å². The van der Waals surface area contributed by atoms with Gasteiger partial charge in [-0.25, -0.2) is 4.98 Å². The van der Waals surface area contributed by atoms with Gasteiger partial charge in [0, 0.05) is 24.3 Å². The van der Waals surface area contributed by atoms with Gasteiger partial charge >= 0.3 is 0 Å². The number of aryl methyl sites for hydroxylation is 1. The van der Waals surface area contributed by atoms with E-state index in [-0.39, 0.29) is 0 Å². The second-order valence-corrected chi connectivity index (χ2v) is 6.59. The Hall–Kier alpha value is -1.09. The van der Waals surface area contributed by atoms with Crippen LogP contribution in [-0.4, -0.2) is 17.1 Å². The maximum absolute atomic E-state index is 6.17. The predicted molar refractivity (Wildman–Crippen MR) is 85.6 cm³/mol. The van der Waals surface area contributed by atoms with Gasteiger partial charge in [0.05, 0.1) is 0 Å². The highest BCUT2D eigenvalue weighted by Gasteiger charge is 2.20. The average Bonchev–Trinajstić information content (AvgIpc) is 3.31. The summed E-state index contributed by atoms with van der Waals surface area (Å²) in [5.41, 5.74) is 2.50. The minimum absolute atomic E-state index is 0.382. The molecule has 0 unspecified atom stereocenters. The zero-order valence-corrected chi connectivity index (χ0v) is 13.2. The molecule has 1 aromatic rings. The molecule has 1 heterocycles. The molecular formula is C18H28N2O. The molecule has 116 valence electrons. The van der Waals surface area contributed by atoms with Crippen LogP contribution >= 0.6 is 0 Å². The summed E-state index contributed by atoms with van der Waals surface area (Å²) in [6.07, 6.45) is 11.6. The standard InChI is InChI=1S/C18H28N2O/c1-2-6-16-11-14(13-19-15-9-10-15)12-18(20-16)21-17-7-4-3-5-8-17/h11-12,15,17,19H,2-10,13H2,1H3. The van der Waals surface area contributed by atoms with Gasteiger partial charge in [-0.05, 0) is 56.6 Å². The molecule has 0 spiro atoms. The zero-order chi connectivity index (χ0) is 14.5. The Labute approximate surface area is 128 Å². The van der Waals surface area contributed by atoms with Crippen LogP contribution in [0.5, 0.6) is 5.88 Å². The van der Waals surface area contributed by atoms with Crippen molar-refractivity contribution in [3.05, 3.63) is 23.4 Å². The molecule has 0 atom stereocenters. The molecule has 2 fully saturated rings. The Morgan fingerprint density at radius 2 is 1.95 bits per heavy atom. The van der Waals surface area contributed by atoms with Crippen LogP contribution in [0.4, 0.5) is 0 Å². The summed E-state index contributed by atoms with van der Waals surface area (Å²) in [4.78, 5) is 4.71. The molecular weight excluding hydrogens is 260 g/mol. The Bertz CT molecular complexity index is 451. The summed E-state index contributed by atoms with van der Waals surface area (Å²) in [6.45, 7) is 3.16. The normalized spacial score (nSPS) is 19.7. The summed E-state index contributed by atoms with van der Waals surface area (Å²) in [6, 6.07) is 5.13. The minimum atomic E-state index is 0.382. The van der Waals surface area contributed by atoms with Gasteiger partial charge < -0.3 is 10.1 Å². The molecule has 3 heteroatoms. The highest BCUT2D eigenvalue weighted by molar-refractivity contribution is 5.26. The van der Waals surface area contributed by atoms with Crippen LogP contribution in [0.2, 0.25) is 0 Å². The first-order valence-corrected chi connectivity index (χ1v) is 8.73. The van der Waals surface area contributed by atoms with Gasteiger partial charge in [0.15, 0.2) is 0 Å². The van der Waals surface area contributed by atoms with Crippen LogP contribution in [0.3, 0.4) is 0 Å². The summed E-state index contributed by atoms with van der Waals surface area (Å²) in [5.74, 6) is 0.848. The number of rotatable bonds is 7. The van der Waals surface area contributed by atoms with Crippen LogP contribution < -0.4 is 10.1 Å². The molecule has 21 heavy (non-hydrogen) atoms. The molecule has 1 aromatic heterocycles. The third kappa shape index (κ3) is 4.70. The average molecular weight is 288 g/mol. The van der Waals surface area contributed by atoms with Gasteiger partial charge in [-0.2, -0.15) is 0 Å². The second kappa shape index (κ2) is 7.26. The van der Waals surface area contributed by atoms with E-state index >= 15 is 0 Å². The molecule has 3 nitrogen and oxygen atoms in total. The Balaban J connectivity index is 1.66. The number of nitrogens with zero attached hydrogens (tertiary/aromatic N) is 1. The van der Waals surface area contributed by atoms with E-state index in [9.17, 15) is 0 Å². The van der Waals surface area contributed by atoms with E-state index in [1.165, 1.54) is 56.2 Å². The van der Waals surface area contributed by atoms with Gasteiger partial charge in [-0.3, -0.25) is 0 Å². The van der Waals surface area contributed by atoms with Crippen molar-refractivity contribution in [2.75, 3.05) is 0 Å². The first-order valence-electron chi connectivity index (χ1n) is 8.73. The maximum atomic E-state index is 6.17. The molecule has 3 rings (SSSR count). The van der Waals surface area contributed by atoms with Gasteiger partial charge in [-0.1, -0.05) is 19.8 Å². The summed E-state index contributed by atoms with van der Waals surface area (Å²) >= 11 is 0. The quantitative estimate of drug-likeness (QED) is 0.823. The van der Waals surface area contributed by atoms with Crippen molar-refractivity contribution in [1.29, 1.82) is 0 Å². The molecule has 2 aliphatic rings. The van der Waals surface area contributed by atoms with Crippen molar-refractivity contribution in [1.82, 2.24) is 10.3 Å². The van der Waals surface area contributed by atoms with Gasteiger partial charge in [-0.15, -0.1) is 0 Å². The van der Waals surface area contributed by atoms with Gasteiger partial charge in [0.25, 0.3) is 0 Å². The molecule has 0 radical (unpaired) electrons. The van der Waals surface area contributed by atoms with E-state index in [0.717, 1.165) is 31.3 Å². The van der Waals surface area contributed by atoms with E-state index in [2.05, 4.69) is 24.4 Å². The molecule has 1 N–H and O–H groups in total. The zero-order valence-electron chi connectivity index (χ0n) is 13.2. The van der Waals surface area contributed by atoms with Gasteiger partial charge in [0.1, 0.15) is 6.10 Å². The number of ether oxygens (including phenoxy) is 1. The Morgan fingerprint density at radius 3 is 2.67 bits per heavy atom. The van der Waals surface area contributed by atoms with Crippen molar-refractivity contribution >= 4 is 0 Å². The third-order valence-electron chi connectivity index (χ3n) is 4.43. The SMILES string of the molecule is CCCc1cc(CNC2CC2)cc(OC2CCCCC2)n1. The topological polar surface area (TPSA) is 34.1 Å². The van der Waals surface area contributed by atoms with E-state index in [1.54, 1.807) is 0 Å². The molecule has 0 saturated heterocycles. The number of hydrogen-bond donors (Lipinski definition) is 1. The van der Waals surface area contributed by atoms with Crippen molar-refractivity contribution in [3.8, 4) is 5.88 Å². The molecule has 0 bridgehead atoms. The fourth-order valence-electron chi connectivity index (χ4n) is 3.07. The lowest BCUT2D eigenvalue weighted by Gasteiger charge is -2.23. The molecule has 0 aromatic carbocycles. The van der Waals surface area contributed by atoms with Crippen LogP contribution in [0.1, 0.15) is 69.5 Å². The van der Waals surface area contributed by atoms with Crippen molar-refractivity contribution in [2.24, 2.45) is 0 Å². The third-order valence-corrected chi connectivity index (χ3v) is 4.43. The monoisotopic (exact) mass is 288 g/mol. The van der Waals surface area contributed by atoms with Crippen LogP contribution in [0.15, 0.2) is 12.1 Å².